The molecule has 23 heavy (non-hydrogen) atoms. The summed E-state index contributed by atoms with van der Waals surface area (Å²) in [5, 5.41) is 0. The zero-order valence-electron chi connectivity index (χ0n) is 12.6. The van der Waals surface area contributed by atoms with Crippen molar-refractivity contribution in [3.8, 4) is 33.8 Å². The molecule has 1 heterocycles. The predicted molar refractivity (Wildman–Crippen MR) is 95.0 cm³/mol. The first-order valence-corrected chi connectivity index (χ1v) is 7.72. The molecular weight excluding hydrogens is 280 g/mol. The van der Waals surface area contributed by atoms with Gasteiger partial charge in [-0.25, -0.2) is 0 Å². The molecular formula is C22H16O. The molecule has 0 aliphatic heterocycles. The molecule has 1 nitrogen and oxygen atoms in total. The molecule has 0 bridgehead atoms. The Balaban J connectivity index is 1.91. The number of rotatable bonds is 3. The molecule has 0 radical (unpaired) electrons. The van der Waals surface area contributed by atoms with E-state index in [2.05, 4.69) is 54.6 Å². The molecule has 3 aromatic carbocycles. The molecule has 1 aromatic heterocycles. The van der Waals surface area contributed by atoms with Crippen molar-refractivity contribution in [1.82, 2.24) is 0 Å². The van der Waals surface area contributed by atoms with Crippen molar-refractivity contribution in [3.05, 3.63) is 97.1 Å². The summed E-state index contributed by atoms with van der Waals surface area (Å²) in [5.41, 5.74) is 4.47. The maximum Gasteiger partial charge on any atom is 0.142 e. The topological polar surface area (TPSA) is 13.1 Å². The highest BCUT2D eigenvalue weighted by Crippen LogP contribution is 2.38. The molecule has 0 saturated heterocycles. The van der Waals surface area contributed by atoms with E-state index in [1.807, 2.05) is 42.5 Å². The van der Waals surface area contributed by atoms with Crippen molar-refractivity contribution in [2.75, 3.05) is 0 Å². The van der Waals surface area contributed by atoms with Gasteiger partial charge in [-0.2, -0.15) is 0 Å². The van der Waals surface area contributed by atoms with Crippen molar-refractivity contribution in [2.24, 2.45) is 0 Å². The second kappa shape index (κ2) is 5.98. The summed E-state index contributed by atoms with van der Waals surface area (Å²) in [6, 6.07) is 33.0. The van der Waals surface area contributed by atoms with E-state index in [1.54, 1.807) is 0 Å². The summed E-state index contributed by atoms with van der Waals surface area (Å²) in [5.74, 6) is 1.80. The van der Waals surface area contributed by atoms with Gasteiger partial charge in [0.05, 0.1) is 0 Å². The Morgan fingerprint density at radius 1 is 0.478 bits per heavy atom. The molecule has 0 fully saturated rings. The van der Waals surface area contributed by atoms with Crippen LogP contribution in [0.15, 0.2) is 101 Å². The van der Waals surface area contributed by atoms with Crippen molar-refractivity contribution in [2.45, 2.75) is 0 Å². The van der Waals surface area contributed by atoms with E-state index in [1.165, 1.54) is 0 Å². The Kier molecular flexibility index (Phi) is 3.53. The van der Waals surface area contributed by atoms with E-state index in [0.717, 1.165) is 33.8 Å². The lowest BCUT2D eigenvalue weighted by molar-refractivity contribution is 0.598. The van der Waals surface area contributed by atoms with Gasteiger partial charge in [-0.3, -0.25) is 0 Å². The maximum atomic E-state index is 6.24. The van der Waals surface area contributed by atoms with E-state index >= 15 is 0 Å². The standard InChI is InChI=1S/C22H16O/c1-4-10-17(11-5-1)20-16-21(18-12-6-2-7-13-18)23-22(20)19-14-8-3-9-15-19/h1-16H. The number of benzene rings is 3. The van der Waals surface area contributed by atoms with Crippen molar-refractivity contribution in [3.63, 3.8) is 0 Å². The molecule has 0 spiro atoms. The summed E-state index contributed by atoms with van der Waals surface area (Å²) >= 11 is 0. The molecule has 0 aliphatic carbocycles. The molecule has 0 unspecified atom stereocenters. The third kappa shape index (κ3) is 2.69. The van der Waals surface area contributed by atoms with Crippen LogP contribution in [0.2, 0.25) is 0 Å². The number of furan rings is 1. The van der Waals surface area contributed by atoms with Gasteiger partial charge in [0.2, 0.25) is 0 Å². The van der Waals surface area contributed by atoms with Gasteiger partial charge in [-0.15, -0.1) is 0 Å². The fraction of sp³-hybridized carbons (Fsp3) is 0. The Bertz CT molecular complexity index is 834. The summed E-state index contributed by atoms with van der Waals surface area (Å²) in [6.07, 6.45) is 0. The Labute approximate surface area is 135 Å². The van der Waals surface area contributed by atoms with Crippen LogP contribution < -0.4 is 0 Å². The highest BCUT2D eigenvalue weighted by Gasteiger charge is 2.15. The number of hydrogen-bond donors (Lipinski definition) is 0. The van der Waals surface area contributed by atoms with Gasteiger partial charge in [0.25, 0.3) is 0 Å². The quantitative estimate of drug-likeness (QED) is 0.433. The Morgan fingerprint density at radius 2 is 0.957 bits per heavy atom. The van der Waals surface area contributed by atoms with Crippen molar-refractivity contribution in [1.29, 1.82) is 0 Å². The van der Waals surface area contributed by atoms with Crippen LogP contribution in [0.1, 0.15) is 0 Å². The average molecular weight is 296 g/mol. The molecule has 0 N–H and O–H groups in total. The molecule has 0 atom stereocenters. The minimum Gasteiger partial charge on any atom is -0.455 e. The molecule has 0 saturated carbocycles. The van der Waals surface area contributed by atoms with Crippen LogP contribution in [0, 0.1) is 0 Å². The van der Waals surface area contributed by atoms with Crippen LogP contribution in [0.4, 0.5) is 0 Å². The average Bonchev–Trinajstić information content (AvgIpc) is 3.09. The van der Waals surface area contributed by atoms with Gasteiger partial charge in [0.1, 0.15) is 11.5 Å². The van der Waals surface area contributed by atoms with Crippen LogP contribution in [-0.4, -0.2) is 0 Å². The fourth-order valence-electron chi connectivity index (χ4n) is 2.77. The summed E-state index contributed by atoms with van der Waals surface area (Å²) in [4.78, 5) is 0. The van der Waals surface area contributed by atoms with E-state index in [-0.39, 0.29) is 0 Å². The molecule has 0 aliphatic rings. The van der Waals surface area contributed by atoms with E-state index < -0.39 is 0 Å². The normalized spacial score (nSPS) is 10.6. The monoisotopic (exact) mass is 296 g/mol. The zero-order valence-corrected chi connectivity index (χ0v) is 12.6. The van der Waals surface area contributed by atoms with E-state index in [9.17, 15) is 0 Å². The lowest BCUT2D eigenvalue weighted by Crippen LogP contribution is -1.78. The van der Waals surface area contributed by atoms with Crippen LogP contribution in [-0.2, 0) is 0 Å². The summed E-state index contributed by atoms with van der Waals surface area (Å²) < 4.78 is 6.24. The van der Waals surface area contributed by atoms with Gasteiger partial charge in [-0.05, 0) is 11.6 Å². The minimum absolute atomic E-state index is 0.892. The largest absolute Gasteiger partial charge is 0.455 e. The zero-order chi connectivity index (χ0) is 15.5. The Morgan fingerprint density at radius 3 is 1.52 bits per heavy atom. The first kappa shape index (κ1) is 13.6. The molecule has 4 rings (SSSR count). The van der Waals surface area contributed by atoms with Gasteiger partial charge >= 0.3 is 0 Å². The third-order valence-corrected chi connectivity index (χ3v) is 3.91. The van der Waals surface area contributed by atoms with Crippen LogP contribution in [0.3, 0.4) is 0 Å². The van der Waals surface area contributed by atoms with Crippen LogP contribution >= 0.6 is 0 Å². The first-order chi connectivity index (χ1) is 11.4. The van der Waals surface area contributed by atoms with Gasteiger partial charge in [0.15, 0.2) is 0 Å². The Hall–Kier alpha value is -3.06. The lowest BCUT2D eigenvalue weighted by atomic mass is 10.0. The molecule has 110 valence electrons. The second-order valence-corrected chi connectivity index (χ2v) is 5.45. The molecule has 1 heteroatoms. The summed E-state index contributed by atoms with van der Waals surface area (Å²) in [6.45, 7) is 0. The summed E-state index contributed by atoms with van der Waals surface area (Å²) in [7, 11) is 0. The van der Waals surface area contributed by atoms with Gasteiger partial charge in [-0.1, -0.05) is 91.0 Å². The smallest absolute Gasteiger partial charge is 0.142 e. The fourth-order valence-corrected chi connectivity index (χ4v) is 2.77. The van der Waals surface area contributed by atoms with Gasteiger partial charge < -0.3 is 4.42 Å². The highest BCUT2D eigenvalue weighted by molar-refractivity contribution is 5.83. The maximum absolute atomic E-state index is 6.24. The minimum atomic E-state index is 0.892. The highest BCUT2D eigenvalue weighted by atomic mass is 16.3. The predicted octanol–water partition coefficient (Wildman–Crippen LogP) is 6.28. The first-order valence-electron chi connectivity index (χ1n) is 7.72. The van der Waals surface area contributed by atoms with Gasteiger partial charge in [0, 0.05) is 16.7 Å². The van der Waals surface area contributed by atoms with Crippen molar-refractivity contribution >= 4 is 0 Å². The van der Waals surface area contributed by atoms with E-state index in [0.29, 0.717) is 0 Å². The van der Waals surface area contributed by atoms with Crippen LogP contribution in [0.5, 0.6) is 0 Å². The number of hydrogen-bond acceptors (Lipinski definition) is 1. The molecule has 0 amide bonds. The molecule has 4 aromatic rings. The van der Waals surface area contributed by atoms with Crippen molar-refractivity contribution < 1.29 is 4.42 Å². The lowest BCUT2D eigenvalue weighted by Gasteiger charge is -2.02. The SMILES string of the molecule is c1ccc(-c2cc(-c3ccccc3)c(-c3ccccc3)o2)cc1. The van der Waals surface area contributed by atoms with E-state index in [4.69, 9.17) is 4.42 Å². The van der Waals surface area contributed by atoms with Crippen LogP contribution in [0.25, 0.3) is 33.8 Å². The second-order valence-electron chi connectivity index (χ2n) is 5.45. The third-order valence-electron chi connectivity index (χ3n) is 3.91.